The molecule has 1 aliphatic rings. The molecule has 3 atom stereocenters. The molecule has 0 aliphatic heterocycles. The van der Waals surface area contributed by atoms with Crippen molar-refractivity contribution in [2.24, 2.45) is 17.8 Å². The largest absolute Gasteiger partial charge is 0.460 e. The minimum atomic E-state index is -0.450. The molecule has 2 rings (SSSR count). The van der Waals surface area contributed by atoms with Crippen LogP contribution in [0, 0.1) is 17.8 Å². The molecule has 25 heavy (non-hydrogen) atoms. The van der Waals surface area contributed by atoms with Crippen LogP contribution in [-0.2, 0) is 25.5 Å². The van der Waals surface area contributed by atoms with E-state index in [-0.39, 0.29) is 19.1 Å². The SMILES string of the molecule is CC(C)[C@@H]1CC[C@@H](C)C[C@H]1OC(=O)COC(=O)Cc1ccc(Br)cc1. The highest BCUT2D eigenvalue weighted by Gasteiger charge is 2.33. The van der Waals surface area contributed by atoms with E-state index in [0.29, 0.717) is 17.8 Å². The van der Waals surface area contributed by atoms with Crippen molar-refractivity contribution in [2.75, 3.05) is 6.61 Å². The summed E-state index contributed by atoms with van der Waals surface area (Å²) in [4.78, 5) is 24.0. The lowest BCUT2D eigenvalue weighted by atomic mass is 9.75. The standard InChI is InChI=1S/C20H27BrO4/c1-13(2)17-9-4-14(3)10-18(17)25-20(23)12-24-19(22)11-15-5-7-16(21)8-6-15/h5-8,13-14,17-18H,4,9-12H2,1-3H3/t14-,17+,18-/m1/s1. The first-order chi connectivity index (χ1) is 11.8. The van der Waals surface area contributed by atoms with E-state index in [0.717, 1.165) is 22.9 Å². The number of halogens is 1. The van der Waals surface area contributed by atoms with Crippen molar-refractivity contribution in [3.05, 3.63) is 34.3 Å². The molecule has 0 aromatic heterocycles. The molecule has 0 saturated heterocycles. The molecule has 0 amide bonds. The maximum atomic E-state index is 12.1. The van der Waals surface area contributed by atoms with E-state index in [4.69, 9.17) is 9.47 Å². The van der Waals surface area contributed by atoms with Gasteiger partial charge in [0.25, 0.3) is 0 Å². The summed E-state index contributed by atoms with van der Waals surface area (Å²) in [6.45, 7) is 6.21. The fourth-order valence-electron chi connectivity index (χ4n) is 3.41. The van der Waals surface area contributed by atoms with E-state index in [2.05, 4.69) is 36.7 Å². The molecule has 0 N–H and O–H groups in total. The molecule has 138 valence electrons. The summed E-state index contributed by atoms with van der Waals surface area (Å²) in [5.41, 5.74) is 0.850. The summed E-state index contributed by atoms with van der Waals surface area (Å²) in [6.07, 6.45) is 3.23. The predicted octanol–water partition coefficient (Wildman–Crippen LogP) is 4.54. The Kier molecular flexibility index (Phi) is 7.48. The van der Waals surface area contributed by atoms with Gasteiger partial charge in [-0.2, -0.15) is 0 Å². The highest BCUT2D eigenvalue weighted by atomic mass is 79.9. The van der Waals surface area contributed by atoms with Gasteiger partial charge in [0, 0.05) is 4.47 Å². The lowest BCUT2D eigenvalue weighted by molar-refractivity contribution is -0.166. The molecule has 0 bridgehead atoms. The number of hydrogen-bond donors (Lipinski definition) is 0. The minimum absolute atomic E-state index is 0.0681. The highest BCUT2D eigenvalue weighted by Crippen LogP contribution is 2.35. The van der Waals surface area contributed by atoms with Gasteiger partial charge in [-0.25, -0.2) is 4.79 Å². The van der Waals surface area contributed by atoms with Crippen molar-refractivity contribution in [1.82, 2.24) is 0 Å². The molecule has 1 aliphatic carbocycles. The highest BCUT2D eigenvalue weighted by molar-refractivity contribution is 9.10. The predicted molar refractivity (Wildman–Crippen MR) is 100 cm³/mol. The number of esters is 2. The van der Waals surface area contributed by atoms with Crippen molar-refractivity contribution in [1.29, 1.82) is 0 Å². The van der Waals surface area contributed by atoms with Gasteiger partial charge >= 0.3 is 11.9 Å². The first kappa shape index (κ1) is 20.0. The lowest BCUT2D eigenvalue weighted by Crippen LogP contribution is -2.36. The molecular weight excluding hydrogens is 384 g/mol. The minimum Gasteiger partial charge on any atom is -0.460 e. The van der Waals surface area contributed by atoms with Gasteiger partial charge in [0.15, 0.2) is 6.61 Å². The maximum absolute atomic E-state index is 12.1. The number of carbonyl (C=O) groups is 2. The quantitative estimate of drug-likeness (QED) is 0.645. The van der Waals surface area contributed by atoms with Crippen molar-refractivity contribution >= 4 is 27.9 Å². The Balaban J connectivity index is 1.78. The van der Waals surface area contributed by atoms with Crippen molar-refractivity contribution in [3.8, 4) is 0 Å². The Morgan fingerprint density at radius 1 is 1.16 bits per heavy atom. The van der Waals surface area contributed by atoms with Crippen molar-refractivity contribution in [3.63, 3.8) is 0 Å². The third-order valence-electron chi connectivity index (χ3n) is 4.86. The molecule has 0 radical (unpaired) electrons. The molecule has 5 heteroatoms. The van der Waals surface area contributed by atoms with Gasteiger partial charge in [-0.15, -0.1) is 0 Å². The molecule has 1 aromatic carbocycles. The number of rotatable bonds is 6. The Morgan fingerprint density at radius 2 is 1.84 bits per heavy atom. The maximum Gasteiger partial charge on any atom is 0.344 e. The smallest absolute Gasteiger partial charge is 0.344 e. The van der Waals surface area contributed by atoms with Gasteiger partial charge in [-0.05, 0) is 48.3 Å². The third kappa shape index (κ3) is 6.46. The van der Waals surface area contributed by atoms with Crippen LogP contribution in [0.3, 0.4) is 0 Å². The van der Waals surface area contributed by atoms with Crippen LogP contribution in [0.1, 0.15) is 45.6 Å². The lowest BCUT2D eigenvalue weighted by Gasteiger charge is -2.36. The zero-order valence-electron chi connectivity index (χ0n) is 15.2. The van der Waals surface area contributed by atoms with Gasteiger partial charge in [-0.3, -0.25) is 4.79 Å². The second kappa shape index (κ2) is 9.37. The Labute approximate surface area is 158 Å². The first-order valence-corrected chi connectivity index (χ1v) is 9.74. The molecule has 1 saturated carbocycles. The fourth-order valence-corrected chi connectivity index (χ4v) is 3.68. The summed E-state index contributed by atoms with van der Waals surface area (Å²) in [5.74, 6) is 0.558. The van der Waals surface area contributed by atoms with Crippen LogP contribution in [0.5, 0.6) is 0 Å². The van der Waals surface area contributed by atoms with E-state index in [1.54, 1.807) is 0 Å². The molecular formula is C20H27BrO4. The average molecular weight is 411 g/mol. The second-order valence-corrected chi connectivity index (χ2v) is 8.23. The summed E-state index contributed by atoms with van der Waals surface area (Å²) in [5, 5.41) is 0. The van der Waals surface area contributed by atoms with E-state index < -0.39 is 11.9 Å². The van der Waals surface area contributed by atoms with Crippen molar-refractivity contribution in [2.45, 2.75) is 52.6 Å². The van der Waals surface area contributed by atoms with E-state index in [9.17, 15) is 9.59 Å². The Hall–Kier alpha value is -1.36. The monoisotopic (exact) mass is 410 g/mol. The zero-order valence-corrected chi connectivity index (χ0v) is 16.8. The number of hydrogen-bond acceptors (Lipinski definition) is 4. The Bertz CT molecular complexity index is 582. The van der Waals surface area contributed by atoms with Gasteiger partial charge in [-0.1, -0.05) is 55.3 Å². The second-order valence-electron chi connectivity index (χ2n) is 7.32. The normalized spacial score (nSPS) is 23.3. The Morgan fingerprint density at radius 3 is 2.48 bits per heavy atom. The summed E-state index contributed by atoms with van der Waals surface area (Å²) < 4.78 is 11.7. The summed E-state index contributed by atoms with van der Waals surface area (Å²) in [6, 6.07) is 7.43. The van der Waals surface area contributed by atoms with E-state index in [1.807, 2.05) is 24.3 Å². The zero-order chi connectivity index (χ0) is 18.4. The van der Waals surface area contributed by atoms with Gasteiger partial charge < -0.3 is 9.47 Å². The molecule has 0 spiro atoms. The first-order valence-electron chi connectivity index (χ1n) is 8.94. The molecule has 0 heterocycles. The van der Waals surface area contributed by atoms with Crippen molar-refractivity contribution < 1.29 is 19.1 Å². The molecule has 1 aromatic rings. The van der Waals surface area contributed by atoms with Crippen LogP contribution >= 0.6 is 15.9 Å². The number of carbonyl (C=O) groups excluding carboxylic acids is 2. The van der Waals surface area contributed by atoms with Crippen LogP contribution in [-0.4, -0.2) is 24.6 Å². The van der Waals surface area contributed by atoms with Crippen LogP contribution in [0.15, 0.2) is 28.7 Å². The average Bonchev–Trinajstić information content (AvgIpc) is 2.55. The summed E-state index contributed by atoms with van der Waals surface area (Å²) in [7, 11) is 0. The number of ether oxygens (including phenoxy) is 2. The third-order valence-corrected chi connectivity index (χ3v) is 5.39. The van der Waals surface area contributed by atoms with Crippen LogP contribution < -0.4 is 0 Å². The van der Waals surface area contributed by atoms with E-state index in [1.165, 1.54) is 6.42 Å². The van der Waals surface area contributed by atoms with Gasteiger partial charge in [0.2, 0.25) is 0 Å². The molecule has 1 fully saturated rings. The fraction of sp³-hybridized carbons (Fsp3) is 0.600. The van der Waals surface area contributed by atoms with Crippen LogP contribution in [0.2, 0.25) is 0 Å². The summed E-state index contributed by atoms with van der Waals surface area (Å²) >= 11 is 3.35. The van der Waals surface area contributed by atoms with Crippen LogP contribution in [0.25, 0.3) is 0 Å². The van der Waals surface area contributed by atoms with Gasteiger partial charge in [0.05, 0.1) is 6.42 Å². The molecule has 0 unspecified atom stereocenters. The van der Waals surface area contributed by atoms with Crippen LogP contribution in [0.4, 0.5) is 0 Å². The topological polar surface area (TPSA) is 52.6 Å². The molecule has 4 nitrogen and oxygen atoms in total. The van der Waals surface area contributed by atoms with Gasteiger partial charge in [0.1, 0.15) is 6.10 Å². The number of benzene rings is 1. The van der Waals surface area contributed by atoms with E-state index >= 15 is 0 Å².